The van der Waals surface area contributed by atoms with E-state index in [0.717, 1.165) is 11.0 Å². The lowest BCUT2D eigenvalue weighted by molar-refractivity contribution is 0.0653. The topological polar surface area (TPSA) is 133 Å². The number of hydrogen-bond donors (Lipinski definition) is 3. The Morgan fingerprint density at radius 1 is 1.07 bits per heavy atom. The van der Waals surface area contributed by atoms with Crippen LogP contribution in [0.2, 0.25) is 0 Å². The standard InChI is InChI=1S/C18H16BrN3O6S/c19-11-5-6-14-15(9-11)17(24)22(16(14)23)8-2-7-20-18(25)21-12-3-1-4-13(10-12)29(26,27)28/h1,3-6,9-10H,2,7-8H2,(H2,20,21,25)(H,26,27,28). The van der Waals surface area contributed by atoms with Gasteiger partial charge < -0.3 is 10.6 Å². The van der Waals surface area contributed by atoms with E-state index in [0.29, 0.717) is 22.0 Å². The number of carbonyl (C=O) groups excluding carboxylic acids is 3. The minimum Gasteiger partial charge on any atom is -0.338 e. The Bertz CT molecular complexity index is 1100. The third-order valence-corrected chi connectivity index (χ3v) is 5.51. The maximum atomic E-state index is 12.4. The normalized spacial score (nSPS) is 13.4. The average Bonchev–Trinajstić information content (AvgIpc) is 2.88. The van der Waals surface area contributed by atoms with Gasteiger partial charge in [0.15, 0.2) is 0 Å². The number of halogens is 1. The smallest absolute Gasteiger partial charge is 0.319 e. The molecule has 1 aliphatic heterocycles. The number of benzene rings is 2. The molecule has 3 N–H and O–H groups in total. The van der Waals surface area contributed by atoms with E-state index in [4.69, 9.17) is 4.55 Å². The van der Waals surface area contributed by atoms with E-state index in [1.165, 1.54) is 18.2 Å². The van der Waals surface area contributed by atoms with Crippen molar-refractivity contribution in [1.82, 2.24) is 10.2 Å². The molecule has 0 spiro atoms. The predicted octanol–water partition coefficient (Wildman–Crippen LogP) is 2.50. The highest BCUT2D eigenvalue weighted by molar-refractivity contribution is 9.10. The van der Waals surface area contributed by atoms with Crippen molar-refractivity contribution in [1.29, 1.82) is 0 Å². The molecule has 0 saturated carbocycles. The van der Waals surface area contributed by atoms with Crippen molar-refractivity contribution in [3.8, 4) is 0 Å². The van der Waals surface area contributed by atoms with Crippen LogP contribution in [0.5, 0.6) is 0 Å². The summed E-state index contributed by atoms with van der Waals surface area (Å²) in [6.07, 6.45) is 0.338. The lowest BCUT2D eigenvalue weighted by atomic mass is 10.1. The van der Waals surface area contributed by atoms with Gasteiger partial charge in [-0.2, -0.15) is 8.42 Å². The Kier molecular flexibility index (Phi) is 6.01. The number of amides is 4. The largest absolute Gasteiger partial charge is 0.338 e. The summed E-state index contributed by atoms with van der Waals surface area (Å²) in [5.41, 5.74) is 0.875. The van der Waals surface area contributed by atoms with Crippen LogP contribution in [0, 0.1) is 0 Å². The van der Waals surface area contributed by atoms with E-state index in [-0.39, 0.29) is 35.5 Å². The van der Waals surface area contributed by atoms with Gasteiger partial charge in [0, 0.05) is 23.2 Å². The summed E-state index contributed by atoms with van der Waals surface area (Å²) in [5.74, 6) is -0.748. The van der Waals surface area contributed by atoms with Gasteiger partial charge >= 0.3 is 6.03 Å². The molecule has 0 fully saturated rings. The molecule has 4 amide bonds. The molecule has 0 saturated heterocycles. The molecule has 2 aromatic carbocycles. The number of urea groups is 1. The first-order valence-corrected chi connectivity index (χ1v) is 10.7. The number of fused-ring (bicyclic) bond motifs is 1. The molecule has 29 heavy (non-hydrogen) atoms. The zero-order chi connectivity index (χ0) is 21.2. The molecular weight excluding hydrogens is 466 g/mol. The molecule has 0 atom stereocenters. The lowest BCUT2D eigenvalue weighted by Gasteiger charge is -2.14. The molecular formula is C18H16BrN3O6S. The molecule has 3 rings (SSSR count). The van der Waals surface area contributed by atoms with Crippen LogP contribution in [0.3, 0.4) is 0 Å². The zero-order valence-electron chi connectivity index (χ0n) is 14.9. The van der Waals surface area contributed by atoms with Gasteiger partial charge in [-0.3, -0.25) is 19.0 Å². The maximum Gasteiger partial charge on any atom is 0.319 e. The fourth-order valence-corrected chi connectivity index (χ4v) is 3.70. The number of nitrogens with one attached hydrogen (secondary N) is 2. The minimum absolute atomic E-state index is 0.141. The summed E-state index contributed by atoms with van der Waals surface area (Å²) in [6, 6.07) is 9.43. The summed E-state index contributed by atoms with van der Waals surface area (Å²) in [7, 11) is -4.37. The molecule has 1 heterocycles. The molecule has 0 unspecified atom stereocenters. The van der Waals surface area contributed by atoms with Crippen molar-refractivity contribution in [3.63, 3.8) is 0 Å². The summed E-state index contributed by atoms with van der Waals surface area (Å²) in [5, 5.41) is 5.00. The van der Waals surface area contributed by atoms with Crippen molar-refractivity contribution < 1.29 is 27.4 Å². The van der Waals surface area contributed by atoms with Crippen molar-refractivity contribution in [2.24, 2.45) is 0 Å². The molecule has 9 nitrogen and oxygen atoms in total. The Hall–Kier alpha value is -2.76. The van der Waals surface area contributed by atoms with Crippen molar-refractivity contribution in [2.75, 3.05) is 18.4 Å². The van der Waals surface area contributed by atoms with Gasteiger partial charge in [-0.1, -0.05) is 22.0 Å². The van der Waals surface area contributed by atoms with Gasteiger partial charge in [-0.05, 0) is 42.8 Å². The highest BCUT2D eigenvalue weighted by atomic mass is 79.9. The van der Waals surface area contributed by atoms with Crippen LogP contribution in [-0.2, 0) is 10.1 Å². The first-order valence-electron chi connectivity index (χ1n) is 8.45. The second kappa shape index (κ2) is 8.31. The van der Waals surface area contributed by atoms with Gasteiger partial charge in [0.2, 0.25) is 0 Å². The number of nitrogens with zero attached hydrogens (tertiary/aromatic N) is 1. The SMILES string of the molecule is O=C(NCCCN1C(=O)c2ccc(Br)cc2C1=O)Nc1cccc(S(=O)(=O)O)c1. The van der Waals surface area contributed by atoms with Gasteiger partial charge in [-0.15, -0.1) is 0 Å². The van der Waals surface area contributed by atoms with E-state index in [1.54, 1.807) is 18.2 Å². The van der Waals surface area contributed by atoms with Crippen molar-refractivity contribution >= 4 is 49.6 Å². The minimum atomic E-state index is -4.37. The number of carbonyl (C=O) groups is 3. The molecule has 0 radical (unpaired) electrons. The maximum absolute atomic E-state index is 12.4. The summed E-state index contributed by atoms with van der Waals surface area (Å²) >= 11 is 3.27. The number of anilines is 1. The van der Waals surface area contributed by atoms with Crippen molar-refractivity contribution in [2.45, 2.75) is 11.3 Å². The van der Waals surface area contributed by atoms with E-state index in [2.05, 4.69) is 26.6 Å². The number of imide groups is 1. The van der Waals surface area contributed by atoms with Crippen LogP contribution in [0.1, 0.15) is 27.1 Å². The lowest BCUT2D eigenvalue weighted by Crippen LogP contribution is -2.35. The molecule has 0 aromatic heterocycles. The molecule has 0 aliphatic carbocycles. The second-order valence-electron chi connectivity index (χ2n) is 6.19. The number of rotatable bonds is 6. The van der Waals surface area contributed by atoms with Gasteiger partial charge in [0.1, 0.15) is 0 Å². The Labute approximate surface area is 175 Å². The summed E-state index contributed by atoms with van der Waals surface area (Å²) in [4.78, 5) is 37.4. The molecule has 152 valence electrons. The van der Waals surface area contributed by atoms with Gasteiger partial charge in [0.05, 0.1) is 16.0 Å². The predicted molar refractivity (Wildman–Crippen MR) is 107 cm³/mol. The van der Waals surface area contributed by atoms with Gasteiger partial charge in [-0.25, -0.2) is 4.79 Å². The van der Waals surface area contributed by atoms with E-state index in [9.17, 15) is 22.8 Å². The third-order valence-electron chi connectivity index (χ3n) is 4.17. The zero-order valence-corrected chi connectivity index (χ0v) is 17.3. The Morgan fingerprint density at radius 2 is 1.79 bits per heavy atom. The Balaban J connectivity index is 1.49. The first-order chi connectivity index (χ1) is 13.7. The molecule has 2 aromatic rings. The monoisotopic (exact) mass is 481 g/mol. The average molecular weight is 482 g/mol. The van der Waals surface area contributed by atoms with Gasteiger partial charge in [0.25, 0.3) is 21.9 Å². The summed E-state index contributed by atoms with van der Waals surface area (Å²) < 4.78 is 32.0. The number of hydrogen-bond acceptors (Lipinski definition) is 5. The molecule has 0 bridgehead atoms. The van der Waals surface area contributed by atoms with E-state index < -0.39 is 16.1 Å². The van der Waals surface area contributed by atoms with Crippen LogP contribution in [0.4, 0.5) is 10.5 Å². The fraction of sp³-hybridized carbons (Fsp3) is 0.167. The second-order valence-corrected chi connectivity index (χ2v) is 8.53. The Morgan fingerprint density at radius 3 is 2.52 bits per heavy atom. The highest BCUT2D eigenvalue weighted by Crippen LogP contribution is 2.26. The molecule has 11 heteroatoms. The first kappa shape index (κ1) is 21.0. The van der Waals surface area contributed by atoms with E-state index >= 15 is 0 Å². The van der Waals surface area contributed by atoms with Crippen LogP contribution in [-0.4, -0.2) is 48.8 Å². The molecule has 1 aliphatic rings. The third kappa shape index (κ3) is 4.81. The quantitative estimate of drug-likeness (QED) is 0.329. The highest BCUT2D eigenvalue weighted by Gasteiger charge is 2.34. The van der Waals surface area contributed by atoms with Crippen molar-refractivity contribution in [3.05, 3.63) is 58.1 Å². The van der Waals surface area contributed by atoms with Crippen LogP contribution in [0.25, 0.3) is 0 Å². The van der Waals surface area contributed by atoms with Crippen LogP contribution < -0.4 is 10.6 Å². The summed E-state index contributed by atoms with van der Waals surface area (Å²) in [6.45, 7) is 0.323. The van der Waals surface area contributed by atoms with Crippen LogP contribution in [0.15, 0.2) is 51.8 Å². The fourth-order valence-electron chi connectivity index (χ4n) is 2.81. The van der Waals surface area contributed by atoms with Crippen LogP contribution >= 0.6 is 15.9 Å². The van der Waals surface area contributed by atoms with E-state index in [1.807, 2.05) is 0 Å².